The summed E-state index contributed by atoms with van der Waals surface area (Å²) in [7, 11) is -5.21. The van der Waals surface area contributed by atoms with E-state index < -0.39 is 15.5 Å². The van der Waals surface area contributed by atoms with Gasteiger partial charge in [-0.05, 0) is 50.4 Å². The highest BCUT2D eigenvalue weighted by Gasteiger charge is 2.50. The van der Waals surface area contributed by atoms with Gasteiger partial charge in [-0.2, -0.15) is 17.5 Å². The van der Waals surface area contributed by atoms with Gasteiger partial charge in [0.2, 0.25) is 0 Å². The van der Waals surface area contributed by atoms with Crippen molar-refractivity contribution < 1.29 is 21.6 Å². The lowest BCUT2D eigenvalue weighted by molar-refractivity contribution is -0.0496. The van der Waals surface area contributed by atoms with E-state index in [1.807, 2.05) is 6.92 Å². The summed E-state index contributed by atoms with van der Waals surface area (Å²) < 4.78 is 61.5. The Morgan fingerprint density at radius 2 is 1.82 bits per heavy atom. The summed E-state index contributed by atoms with van der Waals surface area (Å²) >= 11 is 0. The first kappa shape index (κ1) is 24.0. The van der Waals surface area contributed by atoms with Gasteiger partial charge in [-0.25, -0.2) is 8.42 Å². The summed E-state index contributed by atoms with van der Waals surface area (Å²) in [6, 6.07) is 0. The average molecular weight is 538 g/mol. The summed E-state index contributed by atoms with van der Waals surface area (Å²) in [6.45, 7) is 5.15. The molecule has 0 aromatic rings. The van der Waals surface area contributed by atoms with Crippen molar-refractivity contribution >= 4 is 40.0 Å². The zero-order chi connectivity index (χ0) is 19.7. The van der Waals surface area contributed by atoms with Gasteiger partial charge in [0, 0.05) is 39.3 Å². The van der Waals surface area contributed by atoms with E-state index in [4.69, 9.17) is 4.99 Å². The molecular formula is C17H30F3IN4O2S. The van der Waals surface area contributed by atoms with Crippen LogP contribution >= 0.6 is 24.0 Å². The molecule has 2 heterocycles. The van der Waals surface area contributed by atoms with Crippen LogP contribution in [0.4, 0.5) is 13.2 Å². The Morgan fingerprint density at radius 3 is 2.29 bits per heavy atom. The zero-order valence-corrected chi connectivity index (χ0v) is 19.3. The number of sulfonamides is 1. The lowest BCUT2D eigenvalue weighted by Gasteiger charge is -2.38. The van der Waals surface area contributed by atoms with Crippen LogP contribution in [0.25, 0.3) is 0 Å². The molecule has 3 fully saturated rings. The second-order valence-corrected chi connectivity index (χ2v) is 9.94. The number of alkyl halides is 3. The molecular weight excluding hydrogens is 508 g/mol. The highest BCUT2D eigenvalue weighted by Crippen LogP contribution is 2.47. The number of guanidine groups is 1. The maximum Gasteiger partial charge on any atom is 0.511 e. The fourth-order valence-corrected chi connectivity index (χ4v) is 5.31. The molecule has 3 rings (SSSR count). The summed E-state index contributed by atoms with van der Waals surface area (Å²) in [5.41, 5.74) is -4.75. The average Bonchev–Trinajstić information content (AvgIpc) is 3.04. The number of rotatable bonds is 4. The lowest BCUT2D eigenvalue weighted by atomic mass is 9.68. The van der Waals surface area contributed by atoms with Gasteiger partial charge >= 0.3 is 15.5 Å². The summed E-state index contributed by atoms with van der Waals surface area (Å²) in [4.78, 5) is 7.02. The van der Waals surface area contributed by atoms with Crippen molar-refractivity contribution in [3.8, 4) is 0 Å². The van der Waals surface area contributed by atoms with E-state index in [1.54, 1.807) is 0 Å². The third-order valence-electron chi connectivity index (χ3n) is 6.19. The van der Waals surface area contributed by atoms with Crippen LogP contribution in [0.2, 0.25) is 0 Å². The molecule has 0 aromatic heterocycles. The molecule has 1 spiro atoms. The smallest absolute Gasteiger partial charge is 0.357 e. The molecule has 0 amide bonds. The molecule has 3 aliphatic rings. The van der Waals surface area contributed by atoms with E-state index in [9.17, 15) is 21.6 Å². The summed E-state index contributed by atoms with van der Waals surface area (Å²) in [5.74, 6) is 0.991. The van der Waals surface area contributed by atoms with Crippen LogP contribution in [0.3, 0.4) is 0 Å². The number of hydrogen-bond acceptors (Lipinski definition) is 3. The van der Waals surface area contributed by atoms with Crippen LogP contribution in [0, 0.1) is 11.3 Å². The van der Waals surface area contributed by atoms with E-state index in [-0.39, 0.29) is 43.0 Å². The fraction of sp³-hybridized carbons (Fsp3) is 0.941. The third kappa shape index (κ3) is 5.05. The first-order valence-corrected chi connectivity index (χ1v) is 11.2. The highest BCUT2D eigenvalue weighted by atomic mass is 127. The molecule has 1 N–H and O–H groups in total. The summed E-state index contributed by atoms with van der Waals surface area (Å²) in [5, 5.41) is 3.32. The molecule has 0 atom stereocenters. The quantitative estimate of drug-likeness (QED) is 0.340. The van der Waals surface area contributed by atoms with Crippen LogP contribution in [-0.4, -0.2) is 68.4 Å². The van der Waals surface area contributed by atoms with Crippen LogP contribution in [0.5, 0.6) is 0 Å². The Bertz CT molecular complexity index is 660. The molecule has 28 heavy (non-hydrogen) atoms. The Morgan fingerprint density at radius 1 is 1.18 bits per heavy atom. The van der Waals surface area contributed by atoms with Gasteiger partial charge in [-0.3, -0.25) is 4.99 Å². The van der Waals surface area contributed by atoms with Gasteiger partial charge in [0.05, 0.1) is 0 Å². The van der Waals surface area contributed by atoms with Gasteiger partial charge in [0.15, 0.2) is 5.96 Å². The van der Waals surface area contributed by atoms with E-state index in [2.05, 4.69) is 10.2 Å². The predicted octanol–water partition coefficient (Wildman–Crippen LogP) is 3.01. The lowest BCUT2D eigenvalue weighted by Crippen LogP contribution is -2.45. The van der Waals surface area contributed by atoms with Gasteiger partial charge in [0.1, 0.15) is 0 Å². The largest absolute Gasteiger partial charge is 0.511 e. The highest BCUT2D eigenvalue weighted by molar-refractivity contribution is 14.0. The van der Waals surface area contributed by atoms with Gasteiger partial charge in [0.25, 0.3) is 0 Å². The first-order valence-electron chi connectivity index (χ1n) is 9.76. The van der Waals surface area contributed by atoms with Crippen LogP contribution in [0.15, 0.2) is 4.99 Å². The number of nitrogens with zero attached hydrogens (tertiary/aromatic N) is 3. The standard InChI is InChI=1S/C17H29F3N4O2S.HI/c1-2-21-15(23-11-8-16(13-23)6-3-7-16)22-12-14-4-9-24(10-5-14)27(25,26)17(18,19)20;/h14H,2-13H2,1H3,(H,21,22);1H. The minimum Gasteiger partial charge on any atom is -0.357 e. The number of halogens is 4. The SMILES string of the molecule is CCNC(=NCC1CCN(S(=O)(=O)C(F)(F)F)CC1)N1CCC2(CCC2)C1.I. The number of hydrogen-bond donors (Lipinski definition) is 1. The number of aliphatic imine (C=N–C) groups is 1. The molecule has 1 aliphatic carbocycles. The Balaban J connectivity index is 0.00000280. The van der Waals surface area contributed by atoms with E-state index in [0.717, 1.165) is 25.6 Å². The first-order chi connectivity index (χ1) is 12.7. The van der Waals surface area contributed by atoms with Crippen LogP contribution < -0.4 is 5.32 Å². The number of nitrogens with one attached hydrogen (secondary N) is 1. The van der Waals surface area contributed by atoms with Crippen molar-refractivity contribution in [2.45, 2.75) is 51.0 Å². The van der Waals surface area contributed by atoms with Crippen LogP contribution in [-0.2, 0) is 10.0 Å². The molecule has 0 bridgehead atoms. The van der Waals surface area contributed by atoms with E-state index >= 15 is 0 Å². The molecule has 164 valence electrons. The van der Waals surface area contributed by atoms with Gasteiger partial charge < -0.3 is 10.2 Å². The maximum absolute atomic E-state index is 12.7. The normalized spacial score (nSPS) is 24.1. The molecule has 0 unspecified atom stereocenters. The third-order valence-corrected chi connectivity index (χ3v) is 7.82. The van der Waals surface area contributed by atoms with E-state index in [1.165, 1.54) is 25.7 Å². The molecule has 11 heteroatoms. The number of likely N-dealkylation sites (tertiary alicyclic amines) is 1. The molecule has 0 aromatic carbocycles. The molecule has 0 radical (unpaired) electrons. The fourth-order valence-electron chi connectivity index (χ4n) is 4.32. The Hall–Kier alpha value is -0.300. The van der Waals surface area contributed by atoms with Crippen molar-refractivity contribution in [3.63, 3.8) is 0 Å². The molecule has 1 saturated carbocycles. The predicted molar refractivity (Wildman–Crippen MR) is 113 cm³/mol. The minimum absolute atomic E-state index is 0. The van der Waals surface area contributed by atoms with Crippen molar-refractivity contribution in [2.24, 2.45) is 16.3 Å². The Kier molecular flexibility index (Phi) is 7.91. The van der Waals surface area contributed by atoms with Crippen molar-refractivity contribution in [3.05, 3.63) is 0 Å². The second-order valence-electron chi connectivity index (χ2n) is 8.01. The maximum atomic E-state index is 12.7. The second kappa shape index (κ2) is 9.23. The van der Waals surface area contributed by atoms with Gasteiger partial charge in [-0.15, -0.1) is 24.0 Å². The number of piperidine rings is 1. The van der Waals surface area contributed by atoms with Crippen molar-refractivity contribution in [2.75, 3.05) is 39.3 Å². The monoisotopic (exact) mass is 538 g/mol. The molecule has 2 aliphatic heterocycles. The van der Waals surface area contributed by atoms with E-state index in [0.29, 0.717) is 29.1 Å². The van der Waals surface area contributed by atoms with Gasteiger partial charge in [-0.1, -0.05) is 6.42 Å². The minimum atomic E-state index is -5.22. The Labute approximate surface area is 182 Å². The van der Waals surface area contributed by atoms with Crippen LogP contribution in [0.1, 0.15) is 45.4 Å². The zero-order valence-electron chi connectivity index (χ0n) is 16.2. The summed E-state index contributed by atoms with van der Waals surface area (Å²) in [6.07, 6.45) is 5.89. The molecule has 6 nitrogen and oxygen atoms in total. The molecule has 2 saturated heterocycles. The van der Waals surface area contributed by atoms with Crippen molar-refractivity contribution in [1.29, 1.82) is 0 Å². The topological polar surface area (TPSA) is 65.0 Å². The van der Waals surface area contributed by atoms with Crippen molar-refractivity contribution in [1.82, 2.24) is 14.5 Å².